The molecule has 1 atom stereocenters. The summed E-state index contributed by atoms with van der Waals surface area (Å²) < 4.78 is 12.3. The number of carbonyl (C=O) groups is 3. The SMILES string of the molecule is COC(=O)N1CCc2c(n(C(=O)OC(C)(C)C)c3ccccc23)C1CCCC=O. The van der Waals surface area contributed by atoms with E-state index in [1.807, 2.05) is 45.0 Å². The molecule has 0 saturated carbocycles. The molecule has 2 aromatic rings. The fraction of sp³-hybridized carbons (Fsp3) is 0.500. The van der Waals surface area contributed by atoms with E-state index in [-0.39, 0.29) is 6.04 Å². The molecule has 0 N–H and O–H groups in total. The van der Waals surface area contributed by atoms with Crippen LogP contribution in [0.3, 0.4) is 0 Å². The van der Waals surface area contributed by atoms with E-state index < -0.39 is 17.8 Å². The lowest BCUT2D eigenvalue weighted by Gasteiger charge is -2.36. The Morgan fingerprint density at radius 3 is 2.59 bits per heavy atom. The van der Waals surface area contributed by atoms with Crippen molar-refractivity contribution in [1.29, 1.82) is 0 Å². The molecule has 1 aliphatic heterocycles. The van der Waals surface area contributed by atoms with Crippen LogP contribution in [0.15, 0.2) is 24.3 Å². The maximum absolute atomic E-state index is 13.2. The highest BCUT2D eigenvalue weighted by Crippen LogP contribution is 2.40. The molecule has 7 nitrogen and oxygen atoms in total. The predicted octanol–water partition coefficient (Wildman–Crippen LogP) is 4.46. The van der Waals surface area contributed by atoms with E-state index in [9.17, 15) is 14.4 Å². The van der Waals surface area contributed by atoms with Crippen molar-refractivity contribution >= 4 is 29.4 Å². The van der Waals surface area contributed by atoms with E-state index in [2.05, 4.69) is 0 Å². The fourth-order valence-corrected chi connectivity index (χ4v) is 4.00. The van der Waals surface area contributed by atoms with Gasteiger partial charge in [0.05, 0.1) is 24.4 Å². The second kappa shape index (κ2) is 8.27. The summed E-state index contributed by atoms with van der Waals surface area (Å²) >= 11 is 0. The lowest BCUT2D eigenvalue weighted by atomic mass is 9.94. The number of unbranched alkanes of at least 4 members (excludes halogenated alkanes) is 1. The Kier molecular flexibility index (Phi) is 5.96. The van der Waals surface area contributed by atoms with E-state index >= 15 is 0 Å². The Bertz CT molecular complexity index is 925. The predicted molar refractivity (Wildman–Crippen MR) is 109 cm³/mol. The van der Waals surface area contributed by atoms with Crippen LogP contribution >= 0.6 is 0 Å². The number of nitrogens with zero attached hydrogens (tertiary/aromatic N) is 2. The third-order valence-electron chi connectivity index (χ3n) is 5.10. The summed E-state index contributed by atoms with van der Waals surface area (Å²) in [5.41, 5.74) is 1.91. The van der Waals surface area contributed by atoms with Gasteiger partial charge in [0.25, 0.3) is 0 Å². The highest BCUT2D eigenvalue weighted by molar-refractivity contribution is 5.94. The zero-order valence-corrected chi connectivity index (χ0v) is 17.4. The first-order valence-electron chi connectivity index (χ1n) is 9.92. The van der Waals surface area contributed by atoms with Crippen LogP contribution in [-0.4, -0.2) is 47.2 Å². The Labute approximate surface area is 170 Å². The van der Waals surface area contributed by atoms with Crippen LogP contribution in [-0.2, 0) is 20.7 Å². The number of amides is 1. The zero-order valence-electron chi connectivity index (χ0n) is 17.4. The zero-order chi connectivity index (χ0) is 21.2. The number of aldehydes is 1. The number of hydrogen-bond acceptors (Lipinski definition) is 5. The summed E-state index contributed by atoms with van der Waals surface area (Å²) in [7, 11) is 1.35. The van der Waals surface area contributed by atoms with Gasteiger partial charge in [0, 0.05) is 18.4 Å². The van der Waals surface area contributed by atoms with Gasteiger partial charge >= 0.3 is 12.2 Å². The maximum atomic E-state index is 13.2. The molecule has 0 radical (unpaired) electrons. The number of hydrogen-bond donors (Lipinski definition) is 0. The third kappa shape index (κ3) is 4.13. The van der Waals surface area contributed by atoms with Gasteiger partial charge < -0.3 is 14.3 Å². The van der Waals surface area contributed by atoms with Gasteiger partial charge in [0.15, 0.2) is 0 Å². The van der Waals surface area contributed by atoms with Crippen molar-refractivity contribution in [3.05, 3.63) is 35.5 Å². The molecule has 1 aliphatic rings. The maximum Gasteiger partial charge on any atom is 0.419 e. The van der Waals surface area contributed by atoms with Crippen molar-refractivity contribution in [2.75, 3.05) is 13.7 Å². The van der Waals surface area contributed by atoms with Gasteiger partial charge in [-0.15, -0.1) is 0 Å². The first-order chi connectivity index (χ1) is 13.8. The normalized spacial score (nSPS) is 16.4. The van der Waals surface area contributed by atoms with Gasteiger partial charge in [0.1, 0.15) is 11.9 Å². The molecule has 0 saturated heterocycles. The van der Waals surface area contributed by atoms with E-state index in [1.54, 1.807) is 9.47 Å². The average molecular weight is 400 g/mol. The summed E-state index contributed by atoms with van der Waals surface area (Å²) in [6.45, 7) is 5.97. The Morgan fingerprint density at radius 1 is 1.21 bits per heavy atom. The van der Waals surface area contributed by atoms with Crippen molar-refractivity contribution < 1.29 is 23.9 Å². The average Bonchev–Trinajstić information content (AvgIpc) is 3.01. The molecule has 1 aromatic carbocycles. The largest absolute Gasteiger partial charge is 0.453 e. The molecule has 0 bridgehead atoms. The topological polar surface area (TPSA) is 77.8 Å². The third-order valence-corrected chi connectivity index (χ3v) is 5.10. The molecule has 1 aromatic heterocycles. The highest BCUT2D eigenvalue weighted by Gasteiger charge is 2.37. The highest BCUT2D eigenvalue weighted by atomic mass is 16.6. The van der Waals surface area contributed by atoms with Gasteiger partial charge in [-0.25, -0.2) is 14.2 Å². The molecule has 0 aliphatic carbocycles. The second-order valence-corrected chi connectivity index (χ2v) is 8.22. The lowest BCUT2D eigenvalue weighted by molar-refractivity contribution is -0.108. The number of fused-ring (bicyclic) bond motifs is 3. The van der Waals surface area contributed by atoms with Crippen molar-refractivity contribution in [2.45, 2.75) is 58.1 Å². The van der Waals surface area contributed by atoms with E-state index in [4.69, 9.17) is 9.47 Å². The molecule has 7 heteroatoms. The molecule has 2 heterocycles. The smallest absolute Gasteiger partial charge is 0.419 e. The quantitative estimate of drug-likeness (QED) is 0.559. The van der Waals surface area contributed by atoms with Crippen LogP contribution < -0.4 is 0 Å². The fourth-order valence-electron chi connectivity index (χ4n) is 4.00. The molecule has 29 heavy (non-hydrogen) atoms. The minimum Gasteiger partial charge on any atom is -0.453 e. The summed E-state index contributed by atoms with van der Waals surface area (Å²) in [4.78, 5) is 38.1. The van der Waals surface area contributed by atoms with Crippen LogP contribution in [0.5, 0.6) is 0 Å². The van der Waals surface area contributed by atoms with Gasteiger partial charge in [-0.05, 0) is 51.7 Å². The van der Waals surface area contributed by atoms with Gasteiger partial charge in [-0.3, -0.25) is 4.90 Å². The molecular weight excluding hydrogens is 372 g/mol. The molecule has 156 valence electrons. The summed E-state index contributed by atoms with van der Waals surface area (Å²) in [6, 6.07) is 7.34. The van der Waals surface area contributed by atoms with E-state index in [0.717, 1.165) is 28.4 Å². The first-order valence-corrected chi connectivity index (χ1v) is 9.92. The van der Waals surface area contributed by atoms with Crippen LogP contribution in [0.4, 0.5) is 9.59 Å². The number of rotatable bonds is 4. The van der Waals surface area contributed by atoms with Crippen LogP contribution in [0.25, 0.3) is 10.9 Å². The Morgan fingerprint density at radius 2 is 1.93 bits per heavy atom. The van der Waals surface area contributed by atoms with Gasteiger partial charge in [-0.2, -0.15) is 0 Å². The Balaban J connectivity index is 2.18. The number of carbonyl (C=O) groups excluding carboxylic acids is 3. The van der Waals surface area contributed by atoms with Gasteiger partial charge in [0.2, 0.25) is 0 Å². The van der Waals surface area contributed by atoms with Crippen LogP contribution in [0.2, 0.25) is 0 Å². The van der Waals surface area contributed by atoms with E-state index in [1.165, 1.54) is 7.11 Å². The van der Waals surface area contributed by atoms with Crippen molar-refractivity contribution in [3.8, 4) is 0 Å². The monoisotopic (exact) mass is 400 g/mol. The molecule has 0 fully saturated rings. The summed E-state index contributed by atoms with van der Waals surface area (Å²) in [5, 5.41) is 0.985. The standard InChI is InChI=1S/C22H28N2O5/c1-22(2,3)29-21(27)24-17-10-6-5-9-15(17)16-12-13-23(20(26)28-4)18(19(16)24)11-7-8-14-25/h5-6,9-10,14,18H,7-8,11-13H2,1-4H3. The number of methoxy groups -OCH3 is 1. The summed E-state index contributed by atoms with van der Waals surface area (Å²) in [5.74, 6) is 0. The number of ether oxygens (including phenoxy) is 2. The Hall–Kier alpha value is -2.83. The van der Waals surface area contributed by atoms with Crippen molar-refractivity contribution in [1.82, 2.24) is 9.47 Å². The number of para-hydroxylation sites is 1. The molecule has 0 spiro atoms. The van der Waals surface area contributed by atoms with Crippen LogP contribution in [0, 0.1) is 0 Å². The minimum absolute atomic E-state index is 0.369. The second-order valence-electron chi connectivity index (χ2n) is 8.22. The summed E-state index contributed by atoms with van der Waals surface area (Å²) in [6.07, 6.45) is 2.14. The van der Waals surface area contributed by atoms with Crippen LogP contribution in [0.1, 0.15) is 57.3 Å². The molecule has 1 unspecified atom stereocenters. The van der Waals surface area contributed by atoms with Crippen molar-refractivity contribution in [2.24, 2.45) is 0 Å². The first kappa shape index (κ1) is 20.9. The number of benzene rings is 1. The lowest BCUT2D eigenvalue weighted by Crippen LogP contribution is -2.41. The number of aromatic nitrogens is 1. The van der Waals surface area contributed by atoms with Crippen molar-refractivity contribution in [3.63, 3.8) is 0 Å². The minimum atomic E-state index is -0.654. The molecule has 1 amide bonds. The van der Waals surface area contributed by atoms with Gasteiger partial charge in [-0.1, -0.05) is 18.2 Å². The van der Waals surface area contributed by atoms with E-state index in [0.29, 0.717) is 32.2 Å². The molecular formula is C22H28N2O5. The molecule has 3 rings (SSSR count).